The van der Waals surface area contributed by atoms with Crippen LogP contribution in [-0.4, -0.2) is 25.5 Å². The zero-order valence-corrected chi connectivity index (χ0v) is 7.52. The van der Waals surface area contributed by atoms with Crippen molar-refractivity contribution in [2.24, 2.45) is 0 Å². The van der Waals surface area contributed by atoms with E-state index in [9.17, 15) is 4.79 Å². The molecule has 0 atom stereocenters. The van der Waals surface area contributed by atoms with Gasteiger partial charge in [0.25, 0.3) is 0 Å². The molecule has 0 aromatic heterocycles. The van der Waals surface area contributed by atoms with Gasteiger partial charge in [0, 0.05) is 20.0 Å². The van der Waals surface area contributed by atoms with Gasteiger partial charge in [0.05, 0.1) is 0 Å². The molecule has 0 unspecified atom stereocenters. The SMILES string of the molecule is CC(=O)NCCC1=CCNCC1. The highest BCUT2D eigenvalue weighted by Crippen LogP contribution is 2.07. The third-order valence-corrected chi connectivity index (χ3v) is 1.98. The van der Waals surface area contributed by atoms with Crippen LogP contribution < -0.4 is 10.6 Å². The Bertz CT molecular complexity index is 187. The standard InChI is InChI=1S/C9H16N2O/c1-8(12)11-7-4-9-2-5-10-6-3-9/h2,10H,3-7H2,1H3,(H,11,12). The Kier molecular flexibility index (Phi) is 3.80. The Hall–Kier alpha value is -0.830. The summed E-state index contributed by atoms with van der Waals surface area (Å²) in [5, 5.41) is 6.04. The van der Waals surface area contributed by atoms with Crippen molar-refractivity contribution >= 4 is 5.91 Å². The number of rotatable bonds is 3. The highest BCUT2D eigenvalue weighted by Gasteiger charge is 2.01. The van der Waals surface area contributed by atoms with Gasteiger partial charge in [0.1, 0.15) is 0 Å². The molecule has 68 valence electrons. The van der Waals surface area contributed by atoms with Crippen molar-refractivity contribution < 1.29 is 4.79 Å². The van der Waals surface area contributed by atoms with E-state index >= 15 is 0 Å². The number of amides is 1. The van der Waals surface area contributed by atoms with Gasteiger partial charge in [-0.3, -0.25) is 4.79 Å². The van der Waals surface area contributed by atoms with E-state index in [0.29, 0.717) is 0 Å². The number of hydrogen-bond donors (Lipinski definition) is 2. The number of carbonyl (C=O) groups is 1. The van der Waals surface area contributed by atoms with E-state index in [1.54, 1.807) is 6.92 Å². The Balaban J connectivity index is 2.13. The second kappa shape index (κ2) is 4.93. The summed E-state index contributed by atoms with van der Waals surface area (Å²) in [6.45, 7) is 4.39. The summed E-state index contributed by atoms with van der Waals surface area (Å²) in [6, 6.07) is 0. The van der Waals surface area contributed by atoms with Gasteiger partial charge in [0.2, 0.25) is 5.91 Å². The summed E-state index contributed by atoms with van der Waals surface area (Å²) in [4.78, 5) is 10.5. The molecule has 0 fully saturated rings. The van der Waals surface area contributed by atoms with Crippen LogP contribution in [0.5, 0.6) is 0 Å². The highest BCUT2D eigenvalue weighted by atomic mass is 16.1. The molecule has 3 nitrogen and oxygen atoms in total. The number of hydrogen-bond acceptors (Lipinski definition) is 2. The molecule has 1 aliphatic heterocycles. The second-order valence-corrected chi connectivity index (χ2v) is 3.05. The van der Waals surface area contributed by atoms with Crippen LogP contribution in [0, 0.1) is 0 Å². The summed E-state index contributed by atoms with van der Waals surface area (Å²) in [5.41, 5.74) is 1.46. The summed E-state index contributed by atoms with van der Waals surface area (Å²) in [5.74, 6) is 0.0598. The third kappa shape index (κ3) is 3.53. The fourth-order valence-electron chi connectivity index (χ4n) is 1.30. The first-order valence-electron chi connectivity index (χ1n) is 4.42. The molecule has 12 heavy (non-hydrogen) atoms. The predicted molar refractivity (Wildman–Crippen MR) is 48.9 cm³/mol. The molecule has 2 N–H and O–H groups in total. The lowest BCUT2D eigenvalue weighted by molar-refractivity contribution is -0.118. The maximum absolute atomic E-state index is 10.5. The van der Waals surface area contributed by atoms with E-state index in [4.69, 9.17) is 0 Å². The Morgan fingerprint density at radius 1 is 1.75 bits per heavy atom. The molecule has 0 aromatic carbocycles. The molecule has 0 spiro atoms. The van der Waals surface area contributed by atoms with Crippen molar-refractivity contribution in [3.63, 3.8) is 0 Å². The normalized spacial score (nSPS) is 16.9. The van der Waals surface area contributed by atoms with Crippen molar-refractivity contribution in [2.75, 3.05) is 19.6 Å². The molecule has 0 aromatic rings. The summed E-state index contributed by atoms with van der Waals surface area (Å²) in [6.07, 6.45) is 4.34. The van der Waals surface area contributed by atoms with Gasteiger partial charge in [-0.2, -0.15) is 0 Å². The first kappa shape index (κ1) is 9.26. The van der Waals surface area contributed by atoms with E-state index in [1.165, 1.54) is 5.57 Å². The van der Waals surface area contributed by atoms with Gasteiger partial charge in [-0.25, -0.2) is 0 Å². The molecule has 0 saturated carbocycles. The lowest BCUT2D eigenvalue weighted by Gasteiger charge is -2.13. The molecule has 1 aliphatic rings. The fraction of sp³-hybridized carbons (Fsp3) is 0.667. The van der Waals surface area contributed by atoms with Crippen LogP contribution in [0.15, 0.2) is 11.6 Å². The van der Waals surface area contributed by atoms with Gasteiger partial charge in [0.15, 0.2) is 0 Å². The average molecular weight is 168 g/mol. The maximum Gasteiger partial charge on any atom is 0.216 e. The fourth-order valence-corrected chi connectivity index (χ4v) is 1.30. The molecule has 1 heterocycles. The minimum absolute atomic E-state index is 0.0598. The third-order valence-electron chi connectivity index (χ3n) is 1.98. The quantitative estimate of drug-likeness (QED) is 0.600. The average Bonchev–Trinajstić information content (AvgIpc) is 2.05. The monoisotopic (exact) mass is 168 g/mol. The van der Waals surface area contributed by atoms with Crippen molar-refractivity contribution in [2.45, 2.75) is 19.8 Å². The van der Waals surface area contributed by atoms with E-state index in [1.807, 2.05) is 0 Å². The van der Waals surface area contributed by atoms with Crippen LogP contribution in [0.2, 0.25) is 0 Å². The van der Waals surface area contributed by atoms with Crippen molar-refractivity contribution in [1.82, 2.24) is 10.6 Å². The summed E-state index contributed by atoms with van der Waals surface area (Å²) >= 11 is 0. The van der Waals surface area contributed by atoms with Crippen molar-refractivity contribution in [3.05, 3.63) is 11.6 Å². The van der Waals surface area contributed by atoms with Crippen LogP contribution in [0.1, 0.15) is 19.8 Å². The zero-order valence-electron chi connectivity index (χ0n) is 7.52. The summed E-state index contributed by atoms with van der Waals surface area (Å²) in [7, 11) is 0. The molecule has 3 heteroatoms. The molecule has 0 bridgehead atoms. The molecule has 0 radical (unpaired) electrons. The Morgan fingerprint density at radius 2 is 2.58 bits per heavy atom. The Morgan fingerprint density at radius 3 is 3.17 bits per heavy atom. The molecular formula is C9H16N2O. The second-order valence-electron chi connectivity index (χ2n) is 3.05. The molecule has 1 amide bonds. The topological polar surface area (TPSA) is 41.1 Å². The van der Waals surface area contributed by atoms with Crippen LogP contribution >= 0.6 is 0 Å². The van der Waals surface area contributed by atoms with E-state index in [-0.39, 0.29) is 5.91 Å². The highest BCUT2D eigenvalue weighted by molar-refractivity contribution is 5.72. The van der Waals surface area contributed by atoms with Gasteiger partial charge in [-0.05, 0) is 19.4 Å². The van der Waals surface area contributed by atoms with Crippen LogP contribution in [0.25, 0.3) is 0 Å². The van der Waals surface area contributed by atoms with Crippen molar-refractivity contribution in [1.29, 1.82) is 0 Å². The number of carbonyl (C=O) groups excluding carboxylic acids is 1. The molecule has 0 saturated heterocycles. The number of nitrogens with one attached hydrogen (secondary N) is 2. The van der Waals surface area contributed by atoms with E-state index in [2.05, 4.69) is 16.7 Å². The zero-order chi connectivity index (χ0) is 8.81. The van der Waals surface area contributed by atoms with Gasteiger partial charge in [-0.1, -0.05) is 11.6 Å². The lowest BCUT2D eigenvalue weighted by atomic mass is 10.1. The van der Waals surface area contributed by atoms with Crippen LogP contribution in [0.3, 0.4) is 0 Å². The first-order chi connectivity index (χ1) is 5.79. The molecular weight excluding hydrogens is 152 g/mol. The van der Waals surface area contributed by atoms with Crippen LogP contribution in [0.4, 0.5) is 0 Å². The minimum atomic E-state index is 0.0598. The van der Waals surface area contributed by atoms with Gasteiger partial charge < -0.3 is 10.6 Å². The lowest BCUT2D eigenvalue weighted by Crippen LogP contribution is -2.24. The smallest absolute Gasteiger partial charge is 0.216 e. The maximum atomic E-state index is 10.5. The Labute approximate surface area is 73.2 Å². The first-order valence-corrected chi connectivity index (χ1v) is 4.42. The van der Waals surface area contributed by atoms with Gasteiger partial charge >= 0.3 is 0 Å². The van der Waals surface area contributed by atoms with Crippen LogP contribution in [-0.2, 0) is 4.79 Å². The van der Waals surface area contributed by atoms with E-state index in [0.717, 1.165) is 32.5 Å². The molecule has 0 aliphatic carbocycles. The minimum Gasteiger partial charge on any atom is -0.356 e. The largest absolute Gasteiger partial charge is 0.356 e. The van der Waals surface area contributed by atoms with Crippen molar-refractivity contribution in [3.8, 4) is 0 Å². The predicted octanol–water partition coefficient (Wildman–Crippen LogP) is 0.432. The van der Waals surface area contributed by atoms with Gasteiger partial charge in [-0.15, -0.1) is 0 Å². The van der Waals surface area contributed by atoms with E-state index < -0.39 is 0 Å². The molecule has 1 rings (SSSR count). The summed E-state index contributed by atoms with van der Waals surface area (Å²) < 4.78 is 0.